The topological polar surface area (TPSA) is 0 Å². The molecular formula is C41H30. The Bertz CT molecular complexity index is 1990. The smallest absolute Gasteiger partial charge is 0.00261 e. The number of hydrogen-bond donors (Lipinski definition) is 0. The first-order valence-electron chi connectivity index (χ1n) is 14.1. The van der Waals surface area contributed by atoms with Gasteiger partial charge in [0.25, 0.3) is 0 Å². The van der Waals surface area contributed by atoms with E-state index < -0.39 is 0 Å². The molecule has 0 heterocycles. The Hall–Kier alpha value is -5.20. The monoisotopic (exact) mass is 522 g/mol. The molecule has 194 valence electrons. The molecular weight excluding hydrogens is 492 g/mol. The van der Waals surface area contributed by atoms with Crippen LogP contribution >= 0.6 is 0 Å². The molecule has 0 spiro atoms. The van der Waals surface area contributed by atoms with Crippen molar-refractivity contribution in [1.29, 1.82) is 0 Å². The lowest BCUT2D eigenvalue weighted by Crippen LogP contribution is -1.93. The highest BCUT2D eigenvalue weighted by Gasteiger charge is 2.18. The standard InChI is InChI=1S/C41H30/c1-3-29-26-32(23-22-28(29)2)40-35-18-10-12-20-37(35)41(38-21-13-11-19-36(38)40)33-24-25-34(30-14-6-4-7-15-30)39(27-33)31-16-8-5-9-17-31/h3-27H,1H2,2H3. The van der Waals surface area contributed by atoms with E-state index in [2.05, 4.69) is 159 Å². The number of aryl methyl sites for hydroxylation is 1. The Morgan fingerprint density at radius 1 is 0.415 bits per heavy atom. The summed E-state index contributed by atoms with van der Waals surface area (Å²) >= 11 is 0. The molecule has 7 rings (SSSR count). The second-order valence-electron chi connectivity index (χ2n) is 10.6. The Labute approximate surface area is 241 Å². The summed E-state index contributed by atoms with van der Waals surface area (Å²) < 4.78 is 0. The average molecular weight is 523 g/mol. The Balaban J connectivity index is 1.55. The van der Waals surface area contributed by atoms with Crippen molar-refractivity contribution in [1.82, 2.24) is 0 Å². The summed E-state index contributed by atoms with van der Waals surface area (Å²) in [5.74, 6) is 0. The average Bonchev–Trinajstić information content (AvgIpc) is 3.04. The van der Waals surface area contributed by atoms with Crippen LogP contribution in [0, 0.1) is 6.92 Å². The maximum atomic E-state index is 4.07. The summed E-state index contributed by atoms with van der Waals surface area (Å²) in [5.41, 5.74) is 12.3. The fourth-order valence-corrected chi connectivity index (χ4v) is 6.19. The minimum atomic E-state index is 1.17. The van der Waals surface area contributed by atoms with E-state index in [0.717, 1.165) is 0 Å². The lowest BCUT2D eigenvalue weighted by Gasteiger charge is -2.19. The van der Waals surface area contributed by atoms with Gasteiger partial charge < -0.3 is 0 Å². The van der Waals surface area contributed by atoms with E-state index in [1.165, 1.54) is 77.2 Å². The molecule has 7 aromatic rings. The number of fused-ring (bicyclic) bond motifs is 2. The summed E-state index contributed by atoms with van der Waals surface area (Å²) in [6, 6.07) is 52.8. The van der Waals surface area contributed by atoms with Gasteiger partial charge in [-0.1, -0.05) is 146 Å². The van der Waals surface area contributed by atoms with Crippen molar-refractivity contribution >= 4 is 27.6 Å². The van der Waals surface area contributed by atoms with Crippen LogP contribution in [0.5, 0.6) is 0 Å². The maximum absolute atomic E-state index is 4.07. The van der Waals surface area contributed by atoms with Crippen LogP contribution in [0.25, 0.3) is 72.1 Å². The zero-order chi connectivity index (χ0) is 27.8. The minimum Gasteiger partial charge on any atom is -0.0985 e. The first kappa shape index (κ1) is 24.8. The lowest BCUT2D eigenvalue weighted by atomic mass is 9.84. The van der Waals surface area contributed by atoms with Gasteiger partial charge in [-0.25, -0.2) is 0 Å². The highest BCUT2D eigenvalue weighted by Crippen LogP contribution is 2.45. The lowest BCUT2D eigenvalue weighted by molar-refractivity contribution is 1.45. The molecule has 7 aromatic carbocycles. The molecule has 0 saturated heterocycles. The summed E-state index contributed by atoms with van der Waals surface area (Å²) in [7, 11) is 0. The van der Waals surface area contributed by atoms with Crippen molar-refractivity contribution in [3.05, 3.63) is 163 Å². The molecule has 0 aliphatic rings. The molecule has 0 amide bonds. The molecule has 0 aromatic heterocycles. The molecule has 0 N–H and O–H groups in total. The molecule has 0 fully saturated rings. The van der Waals surface area contributed by atoms with Crippen molar-refractivity contribution < 1.29 is 0 Å². The van der Waals surface area contributed by atoms with Crippen LogP contribution in [0.2, 0.25) is 0 Å². The van der Waals surface area contributed by atoms with Gasteiger partial charge in [-0.3, -0.25) is 0 Å². The molecule has 0 radical (unpaired) electrons. The van der Waals surface area contributed by atoms with E-state index in [9.17, 15) is 0 Å². The maximum Gasteiger partial charge on any atom is -0.00261 e. The molecule has 0 bridgehead atoms. The minimum absolute atomic E-state index is 1.17. The van der Waals surface area contributed by atoms with Crippen molar-refractivity contribution in [3.63, 3.8) is 0 Å². The van der Waals surface area contributed by atoms with E-state index in [4.69, 9.17) is 0 Å². The van der Waals surface area contributed by atoms with Gasteiger partial charge in [0.15, 0.2) is 0 Å². The first-order valence-corrected chi connectivity index (χ1v) is 14.1. The van der Waals surface area contributed by atoms with Gasteiger partial charge in [0.1, 0.15) is 0 Å². The van der Waals surface area contributed by atoms with Crippen molar-refractivity contribution in [2.24, 2.45) is 0 Å². The zero-order valence-corrected chi connectivity index (χ0v) is 23.1. The van der Waals surface area contributed by atoms with Gasteiger partial charge in [-0.2, -0.15) is 0 Å². The van der Waals surface area contributed by atoms with E-state index in [1.54, 1.807) is 0 Å². The summed E-state index contributed by atoms with van der Waals surface area (Å²) in [4.78, 5) is 0. The zero-order valence-electron chi connectivity index (χ0n) is 23.1. The third-order valence-corrected chi connectivity index (χ3v) is 8.20. The van der Waals surface area contributed by atoms with Gasteiger partial charge in [0.05, 0.1) is 0 Å². The van der Waals surface area contributed by atoms with Crippen molar-refractivity contribution in [3.8, 4) is 44.5 Å². The fraction of sp³-hybridized carbons (Fsp3) is 0.0244. The van der Waals surface area contributed by atoms with Gasteiger partial charge in [0.2, 0.25) is 0 Å². The largest absolute Gasteiger partial charge is 0.0985 e. The molecule has 41 heavy (non-hydrogen) atoms. The fourth-order valence-electron chi connectivity index (χ4n) is 6.19. The van der Waals surface area contributed by atoms with Crippen LogP contribution in [0.4, 0.5) is 0 Å². The highest BCUT2D eigenvalue weighted by molar-refractivity contribution is 6.21. The Morgan fingerprint density at radius 3 is 1.37 bits per heavy atom. The van der Waals surface area contributed by atoms with E-state index in [0.29, 0.717) is 0 Å². The van der Waals surface area contributed by atoms with Gasteiger partial charge in [0, 0.05) is 0 Å². The Morgan fingerprint density at radius 2 is 0.854 bits per heavy atom. The summed E-state index contributed by atoms with van der Waals surface area (Å²) in [6.45, 7) is 6.21. The van der Waals surface area contributed by atoms with Gasteiger partial charge in [-0.15, -0.1) is 0 Å². The first-order chi connectivity index (χ1) is 20.2. The SMILES string of the molecule is C=Cc1cc(-c2c3ccccc3c(-c3ccc(-c4ccccc4)c(-c4ccccc4)c3)c3ccccc23)ccc1C. The van der Waals surface area contributed by atoms with Crippen molar-refractivity contribution in [2.45, 2.75) is 6.92 Å². The molecule has 0 unspecified atom stereocenters. The molecule has 0 aliphatic heterocycles. The second kappa shape index (κ2) is 10.4. The molecule has 0 nitrogen and oxygen atoms in total. The van der Waals surface area contributed by atoms with Crippen molar-refractivity contribution in [2.75, 3.05) is 0 Å². The predicted molar refractivity (Wildman–Crippen MR) is 178 cm³/mol. The Kier molecular flexibility index (Phi) is 6.30. The quantitative estimate of drug-likeness (QED) is 0.197. The number of benzene rings is 7. The number of hydrogen-bond acceptors (Lipinski definition) is 0. The second-order valence-corrected chi connectivity index (χ2v) is 10.6. The summed E-state index contributed by atoms with van der Waals surface area (Å²) in [5, 5.41) is 5.03. The molecule has 0 saturated carbocycles. The summed E-state index contributed by atoms with van der Waals surface area (Å²) in [6.07, 6.45) is 1.96. The molecule has 0 heteroatoms. The normalized spacial score (nSPS) is 11.1. The number of rotatable bonds is 5. The predicted octanol–water partition coefficient (Wildman–Crippen LogP) is 11.6. The van der Waals surface area contributed by atoms with Crippen LogP contribution in [0.1, 0.15) is 11.1 Å². The van der Waals surface area contributed by atoms with Crippen LogP contribution in [0.15, 0.2) is 152 Å². The van der Waals surface area contributed by atoms with Gasteiger partial charge in [-0.05, 0) is 96.2 Å². The van der Waals surface area contributed by atoms with Crippen LogP contribution in [0.3, 0.4) is 0 Å². The molecule has 0 aliphatic carbocycles. The van der Waals surface area contributed by atoms with E-state index >= 15 is 0 Å². The molecule has 0 atom stereocenters. The van der Waals surface area contributed by atoms with Crippen LogP contribution in [-0.2, 0) is 0 Å². The van der Waals surface area contributed by atoms with Crippen LogP contribution < -0.4 is 0 Å². The van der Waals surface area contributed by atoms with Crippen LogP contribution in [-0.4, -0.2) is 0 Å². The van der Waals surface area contributed by atoms with E-state index in [1.807, 2.05) is 6.08 Å². The van der Waals surface area contributed by atoms with E-state index in [-0.39, 0.29) is 0 Å². The highest BCUT2D eigenvalue weighted by atomic mass is 14.2. The third-order valence-electron chi connectivity index (χ3n) is 8.20. The van der Waals surface area contributed by atoms with Gasteiger partial charge >= 0.3 is 0 Å². The third kappa shape index (κ3) is 4.35.